The fourth-order valence-corrected chi connectivity index (χ4v) is 2.77. The van der Waals surface area contributed by atoms with Crippen molar-refractivity contribution in [2.45, 2.75) is 33.2 Å². The quantitative estimate of drug-likeness (QED) is 0.759. The highest BCUT2D eigenvalue weighted by molar-refractivity contribution is 4.87. The normalized spacial score (nSPS) is 29.0. The molecule has 2 N–H and O–H groups in total. The van der Waals surface area contributed by atoms with Gasteiger partial charge in [-0.25, -0.2) is 0 Å². The highest BCUT2D eigenvalue weighted by Gasteiger charge is 2.31. The van der Waals surface area contributed by atoms with Crippen LogP contribution in [0.2, 0.25) is 0 Å². The fourth-order valence-electron chi connectivity index (χ4n) is 2.77. The van der Waals surface area contributed by atoms with Crippen LogP contribution in [0.25, 0.3) is 0 Å². The highest BCUT2D eigenvalue weighted by Crippen LogP contribution is 2.23. The second-order valence-electron chi connectivity index (χ2n) is 5.72. The molecule has 1 aliphatic heterocycles. The Labute approximate surface area is 94.6 Å². The van der Waals surface area contributed by atoms with Crippen LogP contribution in [0, 0.1) is 5.41 Å². The Morgan fingerprint density at radius 1 is 1.33 bits per heavy atom. The molecule has 1 unspecified atom stereocenters. The Morgan fingerprint density at radius 2 is 2.00 bits per heavy atom. The molecule has 0 saturated carbocycles. The smallest absolute Gasteiger partial charge is 0.0345 e. The molecule has 1 heterocycles. The maximum absolute atomic E-state index is 5.88. The van der Waals surface area contributed by atoms with Gasteiger partial charge in [0.2, 0.25) is 0 Å². The third kappa shape index (κ3) is 3.74. The summed E-state index contributed by atoms with van der Waals surface area (Å²) >= 11 is 0. The lowest BCUT2D eigenvalue weighted by Crippen LogP contribution is -2.46. The first-order chi connectivity index (χ1) is 6.98. The van der Waals surface area contributed by atoms with Crippen molar-refractivity contribution in [3.8, 4) is 0 Å². The molecular formula is C12H27N3. The van der Waals surface area contributed by atoms with Gasteiger partial charge in [0.15, 0.2) is 0 Å². The lowest BCUT2D eigenvalue weighted by atomic mass is 9.92. The Bertz CT molecular complexity index is 191. The third-order valence-corrected chi connectivity index (χ3v) is 3.15. The predicted octanol–water partition coefficient (Wildman–Crippen LogP) is 0.997. The molecule has 15 heavy (non-hydrogen) atoms. The van der Waals surface area contributed by atoms with Gasteiger partial charge in [-0.15, -0.1) is 0 Å². The van der Waals surface area contributed by atoms with Crippen LogP contribution in [0.4, 0.5) is 0 Å². The number of hydrogen-bond acceptors (Lipinski definition) is 3. The summed E-state index contributed by atoms with van der Waals surface area (Å²) in [7, 11) is 2.21. The summed E-state index contributed by atoms with van der Waals surface area (Å²) in [6, 6.07) is 0.539. The van der Waals surface area contributed by atoms with E-state index in [9.17, 15) is 0 Å². The number of rotatable bonds is 3. The molecule has 0 amide bonds. The molecule has 3 nitrogen and oxygen atoms in total. The molecule has 0 radical (unpaired) electrons. The van der Waals surface area contributed by atoms with E-state index in [0.717, 1.165) is 13.1 Å². The molecule has 1 atom stereocenters. The van der Waals surface area contributed by atoms with Crippen molar-refractivity contribution >= 4 is 0 Å². The van der Waals surface area contributed by atoms with E-state index in [0.29, 0.717) is 11.5 Å². The van der Waals surface area contributed by atoms with Crippen LogP contribution in [0.1, 0.15) is 27.2 Å². The Balaban J connectivity index is 2.72. The molecular weight excluding hydrogens is 186 g/mol. The average Bonchev–Trinajstić information content (AvgIpc) is 2.21. The van der Waals surface area contributed by atoms with Gasteiger partial charge in [0, 0.05) is 32.2 Å². The first-order valence-corrected chi connectivity index (χ1v) is 6.11. The fraction of sp³-hybridized carbons (Fsp3) is 1.00. The minimum absolute atomic E-state index is 0.383. The van der Waals surface area contributed by atoms with Crippen LogP contribution in [-0.2, 0) is 0 Å². The lowest BCUT2D eigenvalue weighted by molar-refractivity contribution is 0.160. The van der Waals surface area contributed by atoms with Gasteiger partial charge < -0.3 is 10.6 Å². The van der Waals surface area contributed by atoms with Crippen LogP contribution >= 0.6 is 0 Å². The van der Waals surface area contributed by atoms with Crippen molar-refractivity contribution in [3.63, 3.8) is 0 Å². The van der Waals surface area contributed by atoms with Crippen LogP contribution in [-0.4, -0.2) is 55.6 Å². The van der Waals surface area contributed by atoms with Gasteiger partial charge in [-0.05, 0) is 25.4 Å². The van der Waals surface area contributed by atoms with Crippen molar-refractivity contribution in [1.29, 1.82) is 0 Å². The van der Waals surface area contributed by atoms with Gasteiger partial charge in [0.05, 0.1) is 0 Å². The van der Waals surface area contributed by atoms with E-state index in [-0.39, 0.29) is 0 Å². The molecule has 1 aliphatic rings. The number of nitrogens with two attached hydrogens (primary N) is 1. The monoisotopic (exact) mass is 213 g/mol. The average molecular weight is 213 g/mol. The van der Waals surface area contributed by atoms with Gasteiger partial charge in [0.25, 0.3) is 0 Å². The molecule has 0 aromatic carbocycles. The first kappa shape index (κ1) is 12.9. The van der Waals surface area contributed by atoms with Crippen LogP contribution in [0.3, 0.4) is 0 Å². The van der Waals surface area contributed by atoms with Crippen molar-refractivity contribution in [2.75, 3.05) is 39.8 Å². The Kier molecular flexibility index (Phi) is 4.56. The summed E-state index contributed by atoms with van der Waals surface area (Å²) in [5, 5.41) is 0. The van der Waals surface area contributed by atoms with E-state index in [1.807, 2.05) is 0 Å². The Hall–Kier alpha value is -0.120. The molecule has 0 aliphatic carbocycles. The summed E-state index contributed by atoms with van der Waals surface area (Å²) in [6.45, 7) is 12.4. The minimum Gasteiger partial charge on any atom is -0.329 e. The third-order valence-electron chi connectivity index (χ3n) is 3.15. The van der Waals surface area contributed by atoms with Gasteiger partial charge in [-0.2, -0.15) is 0 Å². The zero-order valence-electron chi connectivity index (χ0n) is 10.8. The maximum atomic E-state index is 5.88. The van der Waals surface area contributed by atoms with E-state index in [1.165, 1.54) is 26.1 Å². The van der Waals surface area contributed by atoms with Crippen molar-refractivity contribution in [1.82, 2.24) is 9.80 Å². The predicted molar refractivity (Wildman–Crippen MR) is 66.0 cm³/mol. The molecule has 0 bridgehead atoms. The molecule has 1 fully saturated rings. The highest BCUT2D eigenvalue weighted by atomic mass is 15.2. The van der Waals surface area contributed by atoms with Crippen molar-refractivity contribution < 1.29 is 0 Å². The summed E-state index contributed by atoms with van der Waals surface area (Å²) in [4.78, 5) is 5.00. The number of nitrogens with zero attached hydrogens (tertiary/aromatic N) is 2. The topological polar surface area (TPSA) is 32.5 Å². The standard InChI is InChI=1S/C12H27N3/c1-5-6-15-10-12(2,3)9-14(4)8-11(15)7-13/h11H,5-10,13H2,1-4H3. The zero-order valence-corrected chi connectivity index (χ0v) is 10.8. The number of likely N-dealkylation sites (N-methyl/N-ethyl adjacent to an activating group) is 1. The SMILES string of the molecule is CCCN1CC(C)(C)CN(C)CC1CN. The lowest BCUT2D eigenvalue weighted by Gasteiger charge is -2.33. The molecule has 0 aromatic rings. The van der Waals surface area contributed by atoms with Crippen molar-refractivity contribution in [3.05, 3.63) is 0 Å². The van der Waals surface area contributed by atoms with Gasteiger partial charge >= 0.3 is 0 Å². The molecule has 3 heteroatoms. The van der Waals surface area contributed by atoms with Crippen LogP contribution in [0.15, 0.2) is 0 Å². The molecule has 1 rings (SSSR count). The molecule has 0 spiro atoms. The van der Waals surface area contributed by atoms with Crippen LogP contribution in [0.5, 0.6) is 0 Å². The Morgan fingerprint density at radius 3 is 2.53 bits per heavy atom. The second kappa shape index (κ2) is 5.28. The number of hydrogen-bond donors (Lipinski definition) is 1. The van der Waals surface area contributed by atoms with E-state index in [2.05, 4.69) is 37.6 Å². The minimum atomic E-state index is 0.383. The summed E-state index contributed by atoms with van der Waals surface area (Å²) in [6.07, 6.45) is 1.22. The van der Waals surface area contributed by atoms with Gasteiger partial charge in [0.1, 0.15) is 0 Å². The molecule has 0 aromatic heterocycles. The van der Waals surface area contributed by atoms with Gasteiger partial charge in [-0.3, -0.25) is 4.90 Å². The first-order valence-electron chi connectivity index (χ1n) is 6.11. The van der Waals surface area contributed by atoms with Crippen molar-refractivity contribution in [2.24, 2.45) is 11.1 Å². The zero-order chi connectivity index (χ0) is 11.5. The van der Waals surface area contributed by atoms with E-state index in [4.69, 9.17) is 5.73 Å². The van der Waals surface area contributed by atoms with Crippen LogP contribution < -0.4 is 5.73 Å². The van der Waals surface area contributed by atoms with E-state index >= 15 is 0 Å². The molecule has 90 valence electrons. The van der Waals surface area contributed by atoms with E-state index in [1.54, 1.807) is 0 Å². The summed E-state index contributed by atoms with van der Waals surface area (Å²) < 4.78 is 0. The maximum Gasteiger partial charge on any atom is 0.0345 e. The van der Waals surface area contributed by atoms with E-state index < -0.39 is 0 Å². The van der Waals surface area contributed by atoms with Gasteiger partial charge in [-0.1, -0.05) is 20.8 Å². The molecule has 1 saturated heterocycles. The summed E-state index contributed by atoms with van der Waals surface area (Å²) in [5.41, 5.74) is 6.26. The largest absolute Gasteiger partial charge is 0.329 e. The summed E-state index contributed by atoms with van der Waals surface area (Å²) in [5.74, 6) is 0. The second-order valence-corrected chi connectivity index (χ2v) is 5.72.